The summed E-state index contributed by atoms with van der Waals surface area (Å²) in [6, 6.07) is 0. The zero-order valence-electron chi connectivity index (χ0n) is 10.8. The van der Waals surface area contributed by atoms with Crippen molar-refractivity contribution in [1.82, 2.24) is 19.7 Å². The van der Waals surface area contributed by atoms with Gasteiger partial charge >= 0.3 is 5.69 Å². The monoisotopic (exact) mass is 266 g/mol. The largest absolute Gasteiger partial charge is 0.494 e. The van der Waals surface area contributed by atoms with E-state index >= 15 is 0 Å². The van der Waals surface area contributed by atoms with Crippen molar-refractivity contribution in [2.45, 2.75) is 33.2 Å². The lowest BCUT2D eigenvalue weighted by atomic mass is 10.1. The maximum atomic E-state index is 11.7. The molecule has 0 unspecified atom stereocenters. The van der Waals surface area contributed by atoms with Crippen LogP contribution in [-0.4, -0.2) is 24.8 Å². The normalized spacial score (nSPS) is 11.2. The molecule has 0 spiro atoms. The maximum Gasteiger partial charge on any atom is 0.331 e. The van der Waals surface area contributed by atoms with Gasteiger partial charge in [0.2, 0.25) is 11.8 Å². The Morgan fingerprint density at radius 2 is 2.11 bits per heavy atom. The molecular formula is C11H14N4O4. The van der Waals surface area contributed by atoms with Gasteiger partial charge in [0, 0.05) is 6.92 Å². The average Bonchev–Trinajstić information content (AvgIpc) is 2.69. The molecule has 2 aromatic heterocycles. The lowest BCUT2D eigenvalue weighted by Gasteiger charge is -2.11. The summed E-state index contributed by atoms with van der Waals surface area (Å²) in [4.78, 5) is 29.4. The van der Waals surface area contributed by atoms with Gasteiger partial charge in [-0.3, -0.25) is 14.3 Å². The lowest BCUT2D eigenvalue weighted by Crippen LogP contribution is -2.33. The highest BCUT2D eigenvalue weighted by molar-refractivity contribution is 5.26. The summed E-state index contributed by atoms with van der Waals surface area (Å²) in [7, 11) is 0. The Morgan fingerprint density at radius 3 is 2.63 bits per heavy atom. The number of aromatic nitrogens is 4. The van der Waals surface area contributed by atoms with E-state index in [9.17, 15) is 14.7 Å². The molecule has 0 atom stereocenters. The van der Waals surface area contributed by atoms with Crippen LogP contribution in [-0.2, 0) is 6.54 Å². The van der Waals surface area contributed by atoms with Crippen LogP contribution in [0.25, 0.3) is 0 Å². The first-order valence-electron chi connectivity index (χ1n) is 5.75. The van der Waals surface area contributed by atoms with E-state index in [1.807, 2.05) is 0 Å². The Hall–Kier alpha value is -2.38. The van der Waals surface area contributed by atoms with Crippen LogP contribution in [0, 0.1) is 6.92 Å². The van der Waals surface area contributed by atoms with Crippen LogP contribution in [0.15, 0.2) is 14.1 Å². The number of nitrogens with one attached hydrogen (secondary N) is 1. The number of nitrogens with zero attached hydrogens (tertiary/aromatic N) is 3. The van der Waals surface area contributed by atoms with Gasteiger partial charge in [0.1, 0.15) is 0 Å². The smallest absolute Gasteiger partial charge is 0.331 e. The maximum absolute atomic E-state index is 11.7. The zero-order chi connectivity index (χ0) is 14.2. The molecule has 2 aromatic rings. The fraction of sp³-hybridized carbons (Fsp3) is 0.455. The molecule has 8 nitrogen and oxygen atoms in total. The topological polar surface area (TPSA) is 114 Å². The molecule has 2 heterocycles. The highest BCUT2D eigenvalue weighted by Gasteiger charge is 2.18. The molecule has 0 radical (unpaired) electrons. The standard InChI is InChI=1S/C11H14N4O4/c1-5(2)8-9(16)13-11(18)15(10(8)17)4-7-12-6(3)19-14-7/h5,17H,4H2,1-3H3,(H,13,16,18). The minimum absolute atomic E-state index is 0.0709. The van der Waals surface area contributed by atoms with Gasteiger partial charge in [0.15, 0.2) is 5.82 Å². The number of hydrogen-bond donors (Lipinski definition) is 2. The van der Waals surface area contributed by atoms with E-state index in [2.05, 4.69) is 15.1 Å². The summed E-state index contributed by atoms with van der Waals surface area (Å²) >= 11 is 0. The second-order valence-corrected chi connectivity index (χ2v) is 4.47. The van der Waals surface area contributed by atoms with Crippen LogP contribution in [0.1, 0.15) is 37.0 Å². The molecule has 0 aliphatic carbocycles. The third-order valence-electron chi connectivity index (χ3n) is 2.65. The molecule has 0 saturated carbocycles. The predicted molar refractivity (Wildman–Crippen MR) is 65.2 cm³/mol. The Bertz CT molecular complexity index is 710. The van der Waals surface area contributed by atoms with Gasteiger partial charge in [-0.2, -0.15) is 4.98 Å². The molecule has 2 N–H and O–H groups in total. The van der Waals surface area contributed by atoms with E-state index in [1.54, 1.807) is 20.8 Å². The van der Waals surface area contributed by atoms with E-state index < -0.39 is 11.2 Å². The SMILES string of the molecule is Cc1nc(Cn2c(O)c(C(C)C)c(=O)[nH]c2=O)no1. The van der Waals surface area contributed by atoms with Gasteiger partial charge in [-0.25, -0.2) is 4.79 Å². The molecule has 0 saturated heterocycles. The summed E-state index contributed by atoms with van der Waals surface area (Å²) in [5.41, 5.74) is -1.15. The van der Waals surface area contributed by atoms with Crippen LogP contribution in [0.3, 0.4) is 0 Å². The molecule has 0 bridgehead atoms. The molecule has 0 aromatic carbocycles. The van der Waals surface area contributed by atoms with E-state index in [-0.39, 0.29) is 29.7 Å². The van der Waals surface area contributed by atoms with Crippen LogP contribution < -0.4 is 11.2 Å². The zero-order valence-corrected chi connectivity index (χ0v) is 10.8. The molecule has 0 aliphatic heterocycles. The molecule has 2 rings (SSSR count). The second kappa shape index (κ2) is 4.71. The number of hydrogen-bond acceptors (Lipinski definition) is 6. The third-order valence-corrected chi connectivity index (χ3v) is 2.65. The molecule has 0 fully saturated rings. The third kappa shape index (κ3) is 2.42. The van der Waals surface area contributed by atoms with E-state index in [4.69, 9.17) is 4.52 Å². The van der Waals surface area contributed by atoms with Crippen molar-refractivity contribution in [1.29, 1.82) is 0 Å². The van der Waals surface area contributed by atoms with Crippen LogP contribution in [0.5, 0.6) is 5.88 Å². The number of aromatic hydroxyl groups is 1. The first-order chi connectivity index (χ1) is 8.90. The molecule has 0 amide bonds. The van der Waals surface area contributed by atoms with Gasteiger partial charge in [-0.1, -0.05) is 19.0 Å². The summed E-state index contributed by atoms with van der Waals surface area (Å²) in [5.74, 6) is 0.0153. The van der Waals surface area contributed by atoms with E-state index in [1.165, 1.54) is 0 Å². The molecule has 19 heavy (non-hydrogen) atoms. The Balaban J connectivity index is 2.54. The summed E-state index contributed by atoms with van der Waals surface area (Å²) < 4.78 is 5.79. The number of aromatic amines is 1. The van der Waals surface area contributed by atoms with Crippen molar-refractivity contribution in [2.24, 2.45) is 0 Å². The summed E-state index contributed by atoms with van der Waals surface area (Å²) in [6.45, 7) is 5.04. The van der Waals surface area contributed by atoms with Gasteiger partial charge in [-0.05, 0) is 5.92 Å². The van der Waals surface area contributed by atoms with Crippen molar-refractivity contribution < 1.29 is 9.63 Å². The lowest BCUT2D eigenvalue weighted by molar-refractivity contribution is 0.375. The fourth-order valence-electron chi connectivity index (χ4n) is 1.79. The minimum Gasteiger partial charge on any atom is -0.494 e. The van der Waals surface area contributed by atoms with Crippen molar-refractivity contribution >= 4 is 0 Å². The Morgan fingerprint density at radius 1 is 1.42 bits per heavy atom. The van der Waals surface area contributed by atoms with Crippen molar-refractivity contribution in [3.8, 4) is 5.88 Å². The summed E-state index contributed by atoms with van der Waals surface area (Å²) in [5, 5.41) is 13.7. The van der Waals surface area contributed by atoms with Crippen molar-refractivity contribution in [2.75, 3.05) is 0 Å². The summed E-state index contributed by atoms with van der Waals surface area (Å²) in [6.07, 6.45) is 0. The first kappa shape index (κ1) is 13.1. The molecule has 102 valence electrons. The van der Waals surface area contributed by atoms with Crippen molar-refractivity contribution in [3.63, 3.8) is 0 Å². The molecular weight excluding hydrogens is 252 g/mol. The van der Waals surface area contributed by atoms with Crippen LogP contribution in [0.2, 0.25) is 0 Å². The number of rotatable bonds is 3. The predicted octanol–water partition coefficient (Wildman–Crippen LogP) is 0.105. The van der Waals surface area contributed by atoms with Crippen LogP contribution in [0.4, 0.5) is 0 Å². The highest BCUT2D eigenvalue weighted by atomic mass is 16.5. The van der Waals surface area contributed by atoms with Gasteiger partial charge in [0.05, 0.1) is 12.1 Å². The Kier molecular flexibility index (Phi) is 3.24. The average molecular weight is 266 g/mol. The van der Waals surface area contributed by atoms with Crippen LogP contribution >= 0.6 is 0 Å². The van der Waals surface area contributed by atoms with E-state index in [0.29, 0.717) is 5.89 Å². The fourth-order valence-corrected chi connectivity index (χ4v) is 1.79. The van der Waals surface area contributed by atoms with E-state index in [0.717, 1.165) is 4.57 Å². The minimum atomic E-state index is -0.714. The number of aryl methyl sites for hydroxylation is 1. The van der Waals surface area contributed by atoms with Crippen molar-refractivity contribution in [3.05, 3.63) is 38.1 Å². The van der Waals surface area contributed by atoms with Gasteiger partial charge in [0.25, 0.3) is 5.56 Å². The first-order valence-corrected chi connectivity index (χ1v) is 5.75. The van der Waals surface area contributed by atoms with Gasteiger partial charge < -0.3 is 9.63 Å². The quantitative estimate of drug-likeness (QED) is 0.814. The molecule has 0 aliphatic rings. The highest BCUT2D eigenvalue weighted by Crippen LogP contribution is 2.19. The Labute approximate surface area is 107 Å². The number of H-pyrrole nitrogens is 1. The van der Waals surface area contributed by atoms with Gasteiger partial charge in [-0.15, -0.1) is 0 Å². The molecule has 8 heteroatoms. The second-order valence-electron chi connectivity index (χ2n) is 4.47.